The Labute approximate surface area is 221 Å². The van der Waals surface area contributed by atoms with Crippen LogP contribution in [0.4, 0.5) is 0 Å². The molecule has 192 valence electrons. The van der Waals surface area contributed by atoms with Crippen LogP contribution in [0, 0.1) is 0 Å². The average Bonchev–Trinajstić information content (AvgIpc) is 2.91. The van der Waals surface area contributed by atoms with Crippen LogP contribution in [0.1, 0.15) is 65.0 Å². The Morgan fingerprint density at radius 2 is 1.21 bits per heavy atom. The van der Waals surface area contributed by atoms with E-state index in [1.165, 1.54) is 24.3 Å². The second-order valence-corrected chi connectivity index (χ2v) is 9.75. The summed E-state index contributed by atoms with van der Waals surface area (Å²) in [4.78, 5) is 48.9. The Balaban J connectivity index is 1.53. The molecule has 0 heterocycles. The summed E-state index contributed by atoms with van der Waals surface area (Å²) in [5, 5.41) is 0. The second kappa shape index (κ2) is 11.2. The quantitative estimate of drug-likeness (QED) is 0.394. The van der Waals surface area contributed by atoms with Gasteiger partial charge in [0.15, 0.2) is 11.6 Å². The molecule has 6 heteroatoms. The normalized spacial score (nSPS) is 15.0. The maximum absolute atomic E-state index is 13.1. The topological polar surface area (TPSA) is 86.7 Å². The molecule has 6 nitrogen and oxygen atoms in total. The van der Waals surface area contributed by atoms with Crippen molar-refractivity contribution in [2.75, 3.05) is 0 Å². The van der Waals surface area contributed by atoms with Crippen molar-refractivity contribution >= 4 is 29.1 Å². The van der Waals surface area contributed by atoms with Crippen molar-refractivity contribution < 1.29 is 28.7 Å². The van der Waals surface area contributed by atoms with E-state index < -0.39 is 17.4 Å². The smallest absolute Gasteiger partial charge is 0.344 e. The van der Waals surface area contributed by atoms with Gasteiger partial charge in [-0.3, -0.25) is 9.59 Å². The van der Waals surface area contributed by atoms with E-state index in [1.54, 1.807) is 36.4 Å². The number of hydrogen-bond donors (Lipinski definition) is 0. The molecule has 0 aliphatic heterocycles. The molecule has 38 heavy (non-hydrogen) atoms. The highest BCUT2D eigenvalue weighted by molar-refractivity contribution is 5.97. The largest absolute Gasteiger partial charge is 0.423 e. The van der Waals surface area contributed by atoms with E-state index in [9.17, 15) is 19.2 Å². The van der Waals surface area contributed by atoms with Crippen LogP contribution in [-0.2, 0) is 24.5 Å². The molecule has 0 atom stereocenters. The van der Waals surface area contributed by atoms with Crippen molar-refractivity contribution in [1.29, 1.82) is 0 Å². The zero-order valence-electron chi connectivity index (χ0n) is 21.4. The Morgan fingerprint density at radius 3 is 1.74 bits per heavy atom. The van der Waals surface area contributed by atoms with Crippen LogP contribution in [0.25, 0.3) is 5.57 Å². The summed E-state index contributed by atoms with van der Waals surface area (Å²) in [5.41, 5.74) is 2.33. The molecule has 0 radical (unpaired) electrons. The van der Waals surface area contributed by atoms with E-state index in [0.717, 1.165) is 5.56 Å². The summed E-state index contributed by atoms with van der Waals surface area (Å²) in [6.45, 7) is 8.26. The SMILES string of the molecule is C=C(CC(C)(C)c1ccccc1C(=O)OC1=CCC(=O)C=C1)c1ccccc1C(=O)OC1=CCC(=O)C=C1. The Kier molecular flexibility index (Phi) is 7.82. The minimum absolute atomic E-state index is 0.0453. The predicted molar refractivity (Wildman–Crippen MR) is 144 cm³/mol. The van der Waals surface area contributed by atoms with Crippen LogP contribution in [-0.4, -0.2) is 23.5 Å². The molecule has 2 aliphatic rings. The van der Waals surface area contributed by atoms with Crippen molar-refractivity contribution in [3.05, 3.63) is 125 Å². The van der Waals surface area contributed by atoms with E-state index >= 15 is 0 Å². The fraction of sp³-hybridized carbons (Fsp3) is 0.188. The Hall–Kier alpha value is -4.58. The van der Waals surface area contributed by atoms with Gasteiger partial charge in [-0.2, -0.15) is 0 Å². The lowest BCUT2D eigenvalue weighted by molar-refractivity contribution is -0.114. The van der Waals surface area contributed by atoms with Gasteiger partial charge < -0.3 is 9.47 Å². The van der Waals surface area contributed by atoms with Crippen LogP contribution in [0.3, 0.4) is 0 Å². The molecule has 0 N–H and O–H groups in total. The number of carbonyl (C=O) groups excluding carboxylic acids is 4. The highest BCUT2D eigenvalue weighted by Gasteiger charge is 2.29. The van der Waals surface area contributed by atoms with E-state index in [1.807, 2.05) is 38.1 Å². The van der Waals surface area contributed by atoms with E-state index in [0.29, 0.717) is 40.2 Å². The first-order chi connectivity index (χ1) is 18.1. The maximum Gasteiger partial charge on any atom is 0.344 e. The monoisotopic (exact) mass is 508 g/mol. The first-order valence-electron chi connectivity index (χ1n) is 12.3. The zero-order chi connectivity index (χ0) is 27.3. The molecule has 2 aromatic carbocycles. The zero-order valence-corrected chi connectivity index (χ0v) is 21.4. The molecule has 2 aromatic rings. The van der Waals surface area contributed by atoms with Crippen LogP contribution < -0.4 is 0 Å². The number of ketones is 2. The number of hydrogen-bond acceptors (Lipinski definition) is 6. The Morgan fingerprint density at radius 1 is 0.737 bits per heavy atom. The fourth-order valence-corrected chi connectivity index (χ4v) is 4.44. The van der Waals surface area contributed by atoms with Gasteiger partial charge in [-0.25, -0.2) is 9.59 Å². The number of esters is 2. The third-order valence-electron chi connectivity index (χ3n) is 6.36. The van der Waals surface area contributed by atoms with Crippen molar-refractivity contribution in [2.24, 2.45) is 0 Å². The van der Waals surface area contributed by atoms with Crippen LogP contribution in [0.15, 0.2) is 103 Å². The summed E-state index contributed by atoms with van der Waals surface area (Å²) >= 11 is 0. The lowest BCUT2D eigenvalue weighted by Crippen LogP contribution is -2.22. The molecule has 4 rings (SSSR count). The predicted octanol–water partition coefficient (Wildman–Crippen LogP) is 6.21. The molecule has 0 saturated carbocycles. The van der Waals surface area contributed by atoms with Crippen LogP contribution >= 0.6 is 0 Å². The molecule has 0 saturated heterocycles. The fourth-order valence-electron chi connectivity index (χ4n) is 4.44. The van der Waals surface area contributed by atoms with E-state index in [4.69, 9.17) is 9.47 Å². The van der Waals surface area contributed by atoms with Crippen LogP contribution in [0.5, 0.6) is 0 Å². The molecule has 0 fully saturated rings. The van der Waals surface area contributed by atoms with Gasteiger partial charge in [-0.15, -0.1) is 0 Å². The highest BCUT2D eigenvalue weighted by Crippen LogP contribution is 2.37. The highest BCUT2D eigenvalue weighted by atomic mass is 16.5. The van der Waals surface area contributed by atoms with Gasteiger partial charge in [0.2, 0.25) is 0 Å². The maximum atomic E-state index is 13.1. The standard InChI is InChI=1S/C32H28O6/c1-21(26-8-4-5-9-27(26)30(35)37-24-16-12-22(33)13-17-24)20-32(2,3)29-11-7-6-10-28(29)31(36)38-25-18-14-23(34)15-19-25/h4-12,14,16-19H,1,13,15,20H2,2-3H3. The van der Waals surface area contributed by atoms with Crippen molar-refractivity contribution in [1.82, 2.24) is 0 Å². The number of carbonyl (C=O) groups is 4. The van der Waals surface area contributed by atoms with Gasteiger partial charge in [0.05, 0.1) is 11.1 Å². The summed E-state index contributed by atoms with van der Waals surface area (Å²) in [6, 6.07) is 14.3. The average molecular weight is 509 g/mol. The van der Waals surface area contributed by atoms with E-state index in [2.05, 4.69) is 6.58 Å². The molecular formula is C32H28O6. The molecular weight excluding hydrogens is 480 g/mol. The minimum atomic E-state index is -0.550. The summed E-state index contributed by atoms with van der Waals surface area (Å²) < 4.78 is 11.1. The second-order valence-electron chi connectivity index (χ2n) is 9.75. The minimum Gasteiger partial charge on any atom is -0.423 e. The molecule has 0 spiro atoms. The summed E-state index contributed by atoms with van der Waals surface area (Å²) in [6.07, 6.45) is 9.75. The number of rotatable bonds is 8. The number of allylic oxidation sites excluding steroid dienone is 7. The molecule has 2 aliphatic carbocycles. The Bertz CT molecular complexity index is 1450. The van der Waals surface area contributed by atoms with Gasteiger partial charge >= 0.3 is 11.9 Å². The third kappa shape index (κ3) is 6.21. The molecule has 0 bridgehead atoms. The summed E-state index contributed by atoms with van der Waals surface area (Å²) in [7, 11) is 0. The van der Waals surface area contributed by atoms with Gasteiger partial charge in [-0.1, -0.05) is 56.8 Å². The lowest BCUT2D eigenvalue weighted by Gasteiger charge is -2.29. The first kappa shape index (κ1) is 26.5. The number of ether oxygens (including phenoxy) is 2. The lowest BCUT2D eigenvalue weighted by atomic mass is 9.75. The molecule has 0 amide bonds. The number of benzene rings is 2. The van der Waals surface area contributed by atoms with Crippen LogP contribution in [0.2, 0.25) is 0 Å². The van der Waals surface area contributed by atoms with Crippen molar-refractivity contribution in [3.63, 3.8) is 0 Å². The molecule has 0 aromatic heterocycles. The van der Waals surface area contributed by atoms with Gasteiger partial charge in [0.1, 0.15) is 11.5 Å². The van der Waals surface area contributed by atoms with Crippen molar-refractivity contribution in [3.8, 4) is 0 Å². The first-order valence-corrected chi connectivity index (χ1v) is 12.3. The van der Waals surface area contributed by atoms with Gasteiger partial charge in [-0.05, 0) is 77.1 Å². The van der Waals surface area contributed by atoms with Gasteiger partial charge in [0, 0.05) is 12.8 Å². The van der Waals surface area contributed by atoms with Gasteiger partial charge in [0.25, 0.3) is 0 Å². The summed E-state index contributed by atoms with van der Waals surface area (Å²) in [5.74, 6) is -0.480. The van der Waals surface area contributed by atoms with Crippen molar-refractivity contribution in [2.45, 2.75) is 38.5 Å². The van der Waals surface area contributed by atoms with E-state index in [-0.39, 0.29) is 24.4 Å². The molecule has 0 unspecified atom stereocenters. The third-order valence-corrected chi connectivity index (χ3v) is 6.36.